The van der Waals surface area contributed by atoms with Crippen LogP contribution in [-0.2, 0) is 22.4 Å². The van der Waals surface area contributed by atoms with Crippen LogP contribution in [0, 0.1) is 0 Å². The van der Waals surface area contributed by atoms with Crippen LogP contribution in [0.5, 0.6) is 0 Å². The highest BCUT2D eigenvalue weighted by molar-refractivity contribution is 7.14. The van der Waals surface area contributed by atoms with Gasteiger partial charge in [0.2, 0.25) is 0 Å². The predicted molar refractivity (Wildman–Crippen MR) is 86.7 cm³/mol. The highest BCUT2D eigenvalue weighted by Gasteiger charge is 2.20. The molecule has 22 heavy (non-hydrogen) atoms. The lowest BCUT2D eigenvalue weighted by Gasteiger charge is -2.07. The number of benzene rings is 1. The van der Waals surface area contributed by atoms with Gasteiger partial charge in [-0.2, -0.15) is 0 Å². The molecule has 0 saturated carbocycles. The van der Waals surface area contributed by atoms with E-state index in [0.29, 0.717) is 15.6 Å². The Morgan fingerprint density at radius 3 is 2.86 bits per heavy atom. The summed E-state index contributed by atoms with van der Waals surface area (Å²) in [7, 11) is 0. The molecule has 1 amide bonds. The summed E-state index contributed by atoms with van der Waals surface area (Å²) in [6.07, 6.45) is 3.20. The molecule has 1 aromatic carbocycles. The number of ether oxygens (including phenoxy) is 1. The van der Waals surface area contributed by atoms with Crippen molar-refractivity contribution >= 4 is 40.5 Å². The van der Waals surface area contributed by atoms with Crippen LogP contribution in [0.2, 0.25) is 5.02 Å². The summed E-state index contributed by atoms with van der Waals surface area (Å²) in [6, 6.07) is 8.78. The van der Waals surface area contributed by atoms with Gasteiger partial charge in [0.15, 0.2) is 6.61 Å². The molecule has 0 radical (unpaired) electrons. The summed E-state index contributed by atoms with van der Waals surface area (Å²) in [5.41, 5.74) is 1.73. The lowest BCUT2D eigenvalue weighted by atomic mass is 10.2. The van der Waals surface area contributed by atoms with Crippen LogP contribution >= 0.6 is 22.9 Å². The van der Waals surface area contributed by atoms with Crippen molar-refractivity contribution in [3.05, 3.63) is 50.7 Å². The summed E-state index contributed by atoms with van der Waals surface area (Å²) >= 11 is 7.41. The van der Waals surface area contributed by atoms with Crippen LogP contribution in [0.1, 0.15) is 26.5 Å². The van der Waals surface area contributed by atoms with Crippen LogP contribution in [0.4, 0.5) is 5.69 Å². The number of carbonyl (C=O) groups is 2. The van der Waals surface area contributed by atoms with Crippen LogP contribution < -0.4 is 5.32 Å². The van der Waals surface area contributed by atoms with Gasteiger partial charge >= 0.3 is 5.97 Å². The molecule has 0 saturated heterocycles. The number of amides is 1. The Kier molecular flexibility index (Phi) is 4.45. The zero-order valence-electron chi connectivity index (χ0n) is 11.7. The van der Waals surface area contributed by atoms with E-state index in [1.165, 1.54) is 21.8 Å². The summed E-state index contributed by atoms with van der Waals surface area (Å²) in [6.45, 7) is -0.327. The molecule has 1 aromatic heterocycles. The van der Waals surface area contributed by atoms with Crippen molar-refractivity contribution in [3.63, 3.8) is 0 Å². The minimum atomic E-state index is -0.450. The van der Waals surface area contributed by atoms with E-state index in [1.807, 2.05) is 6.07 Å². The highest BCUT2D eigenvalue weighted by Crippen LogP contribution is 2.30. The smallest absolute Gasteiger partial charge is 0.348 e. The van der Waals surface area contributed by atoms with E-state index < -0.39 is 11.9 Å². The third kappa shape index (κ3) is 3.31. The van der Waals surface area contributed by atoms with Gasteiger partial charge in [-0.15, -0.1) is 11.3 Å². The summed E-state index contributed by atoms with van der Waals surface area (Å²) < 4.78 is 5.06. The third-order valence-corrected chi connectivity index (χ3v) is 4.98. The van der Waals surface area contributed by atoms with Crippen molar-refractivity contribution in [2.24, 2.45) is 0 Å². The second-order valence-electron chi connectivity index (χ2n) is 5.02. The van der Waals surface area contributed by atoms with Gasteiger partial charge < -0.3 is 10.1 Å². The Morgan fingerprint density at radius 2 is 2.09 bits per heavy atom. The van der Waals surface area contributed by atoms with Gasteiger partial charge in [-0.05, 0) is 43.0 Å². The average molecular weight is 336 g/mol. The number of fused-ring (bicyclic) bond motifs is 1. The lowest BCUT2D eigenvalue weighted by molar-refractivity contribution is -0.119. The van der Waals surface area contributed by atoms with Gasteiger partial charge in [0.1, 0.15) is 4.88 Å². The molecule has 1 N–H and O–H groups in total. The fourth-order valence-corrected chi connectivity index (χ4v) is 3.71. The largest absolute Gasteiger partial charge is 0.451 e. The van der Waals surface area contributed by atoms with E-state index in [-0.39, 0.29) is 6.61 Å². The van der Waals surface area contributed by atoms with Crippen LogP contribution in [-0.4, -0.2) is 18.5 Å². The van der Waals surface area contributed by atoms with Crippen molar-refractivity contribution in [1.82, 2.24) is 0 Å². The van der Waals surface area contributed by atoms with Gasteiger partial charge in [-0.1, -0.05) is 23.7 Å². The summed E-state index contributed by atoms with van der Waals surface area (Å²) in [4.78, 5) is 25.6. The van der Waals surface area contributed by atoms with Gasteiger partial charge in [-0.25, -0.2) is 4.79 Å². The Hall–Kier alpha value is -1.85. The Bertz CT molecular complexity index is 704. The number of nitrogens with one attached hydrogen (secondary N) is 1. The molecule has 3 rings (SSSR count). The first-order chi connectivity index (χ1) is 10.6. The fourth-order valence-electron chi connectivity index (χ4n) is 2.38. The Balaban J connectivity index is 1.54. The second kappa shape index (κ2) is 6.50. The molecule has 4 nitrogen and oxygen atoms in total. The number of thiophene rings is 1. The standard InChI is InChI=1S/C16H14ClNO3S/c17-11-5-1-2-6-12(11)18-15(19)9-21-16(20)14-8-10-4-3-7-13(10)22-14/h1-2,5-6,8H,3-4,7,9H2,(H,18,19). The minimum absolute atomic E-state index is 0.327. The van der Waals surface area contributed by atoms with Crippen molar-refractivity contribution < 1.29 is 14.3 Å². The molecule has 0 spiro atoms. The molecule has 6 heteroatoms. The molecule has 0 unspecified atom stereocenters. The first-order valence-electron chi connectivity index (χ1n) is 6.96. The molecule has 0 aliphatic heterocycles. The summed E-state index contributed by atoms with van der Waals surface area (Å²) in [5, 5.41) is 3.05. The normalized spacial score (nSPS) is 12.8. The molecular weight excluding hydrogens is 322 g/mol. The second-order valence-corrected chi connectivity index (χ2v) is 6.56. The number of para-hydroxylation sites is 1. The number of esters is 1. The maximum atomic E-state index is 12.0. The van der Waals surface area contributed by atoms with Gasteiger partial charge in [-0.3, -0.25) is 4.79 Å². The first-order valence-corrected chi connectivity index (χ1v) is 8.16. The number of rotatable bonds is 4. The van der Waals surface area contributed by atoms with Crippen LogP contribution in [0.15, 0.2) is 30.3 Å². The zero-order chi connectivity index (χ0) is 15.5. The maximum absolute atomic E-state index is 12.0. The van der Waals surface area contributed by atoms with Crippen molar-refractivity contribution in [3.8, 4) is 0 Å². The topological polar surface area (TPSA) is 55.4 Å². The molecule has 1 aliphatic carbocycles. The monoisotopic (exact) mass is 335 g/mol. The number of aryl methyl sites for hydroxylation is 2. The summed E-state index contributed by atoms with van der Waals surface area (Å²) in [5.74, 6) is -0.862. The van der Waals surface area contributed by atoms with E-state index in [1.54, 1.807) is 24.3 Å². The average Bonchev–Trinajstić information content (AvgIpc) is 3.08. The molecular formula is C16H14ClNO3S. The minimum Gasteiger partial charge on any atom is -0.451 e. The molecule has 0 atom stereocenters. The Morgan fingerprint density at radius 1 is 1.27 bits per heavy atom. The lowest BCUT2D eigenvalue weighted by Crippen LogP contribution is -2.20. The number of halogens is 1. The first kappa shape index (κ1) is 15.1. The van der Waals surface area contributed by atoms with Crippen LogP contribution in [0.25, 0.3) is 0 Å². The van der Waals surface area contributed by atoms with Crippen LogP contribution in [0.3, 0.4) is 0 Å². The van der Waals surface area contributed by atoms with Gasteiger partial charge in [0, 0.05) is 4.88 Å². The Labute approximate surface area is 137 Å². The van der Waals surface area contributed by atoms with Crippen molar-refractivity contribution in [2.75, 3.05) is 11.9 Å². The predicted octanol–water partition coefficient (Wildman–Crippen LogP) is 3.69. The highest BCUT2D eigenvalue weighted by atomic mass is 35.5. The van der Waals surface area contributed by atoms with E-state index >= 15 is 0 Å². The van der Waals surface area contributed by atoms with Crippen molar-refractivity contribution in [2.45, 2.75) is 19.3 Å². The molecule has 114 valence electrons. The maximum Gasteiger partial charge on any atom is 0.348 e. The quantitative estimate of drug-likeness (QED) is 0.867. The number of hydrogen-bond donors (Lipinski definition) is 1. The number of carbonyl (C=O) groups excluding carboxylic acids is 2. The SMILES string of the molecule is O=C(COC(=O)c1cc2c(s1)CCC2)Nc1ccccc1Cl. The molecule has 0 fully saturated rings. The number of anilines is 1. The van der Waals surface area contributed by atoms with Gasteiger partial charge in [0.25, 0.3) is 5.91 Å². The van der Waals surface area contributed by atoms with Gasteiger partial charge in [0.05, 0.1) is 10.7 Å². The zero-order valence-corrected chi connectivity index (χ0v) is 13.3. The molecule has 2 aromatic rings. The number of hydrogen-bond acceptors (Lipinski definition) is 4. The molecule has 1 heterocycles. The molecule has 0 bridgehead atoms. The third-order valence-electron chi connectivity index (χ3n) is 3.43. The fraction of sp³-hybridized carbons (Fsp3) is 0.250. The van der Waals surface area contributed by atoms with E-state index in [4.69, 9.17) is 16.3 Å². The van der Waals surface area contributed by atoms with E-state index in [0.717, 1.165) is 19.3 Å². The molecule has 1 aliphatic rings. The van der Waals surface area contributed by atoms with E-state index in [9.17, 15) is 9.59 Å². The van der Waals surface area contributed by atoms with Crippen molar-refractivity contribution in [1.29, 1.82) is 0 Å². The van der Waals surface area contributed by atoms with E-state index in [2.05, 4.69) is 5.32 Å².